The Hall–Kier alpha value is -2.56. The Morgan fingerprint density at radius 3 is 2.24 bits per heavy atom. The van der Waals surface area contributed by atoms with Crippen LogP contribution in [0.4, 0.5) is 10.1 Å². The van der Waals surface area contributed by atoms with Crippen LogP contribution < -0.4 is 10.6 Å². The summed E-state index contributed by atoms with van der Waals surface area (Å²) in [6.07, 6.45) is 6.32. The minimum absolute atomic E-state index is 0.0347. The van der Waals surface area contributed by atoms with Gasteiger partial charge in [0.1, 0.15) is 5.67 Å². The van der Waals surface area contributed by atoms with E-state index in [9.17, 15) is 12.8 Å². The highest BCUT2D eigenvalue weighted by atomic mass is 32.2. The summed E-state index contributed by atoms with van der Waals surface area (Å²) in [7, 11) is -3.35. The molecular formula is C31H50FN5O3S. The number of allylic oxidation sites excluding steroid dienone is 1. The number of aliphatic imine (C=N–C) groups is 1. The topological polar surface area (TPSA) is 114 Å². The molecule has 1 saturated carbocycles. The lowest BCUT2D eigenvalue weighted by Gasteiger charge is -2.30. The van der Waals surface area contributed by atoms with Gasteiger partial charge in [0.25, 0.3) is 0 Å². The van der Waals surface area contributed by atoms with Crippen molar-refractivity contribution in [2.75, 3.05) is 37.5 Å². The van der Waals surface area contributed by atoms with Crippen LogP contribution in [-0.4, -0.2) is 62.9 Å². The van der Waals surface area contributed by atoms with E-state index in [2.05, 4.69) is 39.7 Å². The first-order valence-corrected chi connectivity index (χ1v) is 16.2. The van der Waals surface area contributed by atoms with Crippen molar-refractivity contribution in [3.05, 3.63) is 52.9 Å². The fourth-order valence-corrected chi connectivity index (χ4v) is 5.88. The highest BCUT2D eigenvalue weighted by Crippen LogP contribution is 2.31. The molecule has 41 heavy (non-hydrogen) atoms. The van der Waals surface area contributed by atoms with Gasteiger partial charge in [0.2, 0.25) is 0 Å². The number of nitrogens with two attached hydrogens (primary N) is 1. The minimum Gasteiger partial charge on any atom is -0.378 e. The maximum absolute atomic E-state index is 14.1. The van der Waals surface area contributed by atoms with Crippen molar-refractivity contribution < 1.29 is 17.5 Å². The Balaban J connectivity index is 0.000000229. The van der Waals surface area contributed by atoms with E-state index in [0.29, 0.717) is 28.7 Å². The zero-order valence-electron chi connectivity index (χ0n) is 26.2. The molecule has 8 nitrogen and oxygen atoms in total. The van der Waals surface area contributed by atoms with Crippen LogP contribution in [0.3, 0.4) is 0 Å². The third-order valence-corrected chi connectivity index (χ3v) is 8.28. The number of H-pyrrole nitrogens is 1. The summed E-state index contributed by atoms with van der Waals surface area (Å²) >= 11 is 0. The Labute approximate surface area is 246 Å². The molecular weight excluding hydrogens is 541 g/mol. The van der Waals surface area contributed by atoms with Crippen LogP contribution in [0.1, 0.15) is 82.7 Å². The van der Waals surface area contributed by atoms with Gasteiger partial charge in [-0.1, -0.05) is 19.6 Å². The molecule has 1 aliphatic carbocycles. The number of sulfone groups is 1. The van der Waals surface area contributed by atoms with Crippen molar-refractivity contribution >= 4 is 21.2 Å². The number of aryl methyl sites for hydroxylation is 2. The minimum atomic E-state index is -3.35. The zero-order chi connectivity index (χ0) is 31.0. The first kappa shape index (κ1) is 34.6. The monoisotopic (exact) mass is 591 g/mol. The lowest BCUT2D eigenvalue weighted by molar-refractivity contribution is 0.122. The van der Waals surface area contributed by atoms with E-state index < -0.39 is 15.5 Å². The molecule has 0 unspecified atom stereocenters. The zero-order valence-corrected chi connectivity index (χ0v) is 27.0. The van der Waals surface area contributed by atoms with E-state index >= 15 is 0 Å². The van der Waals surface area contributed by atoms with Crippen molar-refractivity contribution in [1.29, 1.82) is 0 Å². The highest BCUT2D eigenvalue weighted by molar-refractivity contribution is 7.90. The number of nitrogens with zero attached hydrogens (tertiary/aromatic N) is 3. The van der Waals surface area contributed by atoms with Crippen LogP contribution in [0.15, 0.2) is 40.5 Å². The molecule has 0 atom stereocenters. The molecule has 2 fully saturated rings. The maximum atomic E-state index is 14.1. The lowest BCUT2D eigenvalue weighted by Crippen LogP contribution is -2.36. The van der Waals surface area contributed by atoms with E-state index in [1.807, 2.05) is 19.1 Å². The van der Waals surface area contributed by atoms with E-state index in [0.717, 1.165) is 55.3 Å². The third-order valence-electron chi connectivity index (χ3n) is 7.28. The number of aromatic amines is 1. The lowest BCUT2D eigenvalue weighted by atomic mass is 9.88. The quantitative estimate of drug-likeness (QED) is 0.411. The molecule has 2 aromatic rings. The second kappa shape index (κ2) is 15.1. The second-order valence-corrected chi connectivity index (χ2v) is 13.8. The molecule has 2 heterocycles. The Kier molecular flexibility index (Phi) is 12.7. The predicted molar refractivity (Wildman–Crippen MR) is 167 cm³/mol. The first-order valence-electron chi connectivity index (χ1n) is 14.3. The van der Waals surface area contributed by atoms with Crippen molar-refractivity contribution in [1.82, 2.24) is 10.2 Å². The Morgan fingerprint density at radius 2 is 1.76 bits per heavy atom. The van der Waals surface area contributed by atoms with Crippen LogP contribution in [0.2, 0.25) is 0 Å². The van der Waals surface area contributed by atoms with Gasteiger partial charge in [-0.25, -0.2) is 12.8 Å². The molecule has 230 valence electrons. The van der Waals surface area contributed by atoms with E-state index in [1.165, 1.54) is 25.7 Å². The fraction of sp³-hybridized carbons (Fsp3) is 0.613. The molecule has 0 radical (unpaired) electrons. The van der Waals surface area contributed by atoms with Gasteiger partial charge in [-0.05, 0) is 96.4 Å². The summed E-state index contributed by atoms with van der Waals surface area (Å²) in [6.45, 7) is 19.7. The second-order valence-electron chi connectivity index (χ2n) is 11.8. The SMILES string of the molecule is C=C(C)N=C(C)c1c(S(C)(=O)=O)n[nH]c1C.CC1CCC(N)CC1.Cc1ccc(N2CCOCC2)cc1C(C)(C)F. The van der Waals surface area contributed by atoms with Crippen molar-refractivity contribution in [2.45, 2.75) is 90.9 Å². The number of nitrogens with one attached hydrogen (secondary N) is 1. The number of rotatable bonds is 5. The molecule has 2 aliphatic rings. The maximum Gasteiger partial charge on any atom is 0.195 e. The van der Waals surface area contributed by atoms with Gasteiger partial charge in [0.05, 0.1) is 18.8 Å². The molecule has 1 aromatic carbocycles. The molecule has 0 amide bonds. The number of alkyl halides is 1. The number of benzene rings is 1. The van der Waals surface area contributed by atoms with Crippen LogP contribution in [0.5, 0.6) is 0 Å². The number of aromatic nitrogens is 2. The highest BCUT2D eigenvalue weighted by Gasteiger charge is 2.23. The van der Waals surface area contributed by atoms with E-state index in [4.69, 9.17) is 10.5 Å². The first-order chi connectivity index (χ1) is 19.0. The predicted octanol–water partition coefficient (Wildman–Crippen LogP) is 6.02. The molecule has 4 rings (SSSR count). The van der Waals surface area contributed by atoms with E-state index in [-0.39, 0.29) is 5.03 Å². The van der Waals surface area contributed by atoms with Crippen LogP contribution in [0.25, 0.3) is 0 Å². The fourth-order valence-electron chi connectivity index (χ4n) is 5.00. The van der Waals surface area contributed by atoms with Gasteiger partial charge in [-0.2, -0.15) is 5.10 Å². The Morgan fingerprint density at radius 1 is 1.17 bits per heavy atom. The number of halogens is 1. The molecule has 1 saturated heterocycles. The number of ether oxygens (including phenoxy) is 1. The number of hydrogen-bond donors (Lipinski definition) is 2. The molecule has 1 aromatic heterocycles. The number of anilines is 1. The van der Waals surface area contributed by atoms with Crippen molar-refractivity contribution in [3.63, 3.8) is 0 Å². The normalized spacial score (nSPS) is 20.0. The summed E-state index contributed by atoms with van der Waals surface area (Å²) in [5.41, 5.74) is 9.73. The van der Waals surface area contributed by atoms with Gasteiger partial charge in [0, 0.05) is 48.2 Å². The number of morpholine rings is 1. The summed E-state index contributed by atoms with van der Waals surface area (Å²) in [5.74, 6) is 0.940. The van der Waals surface area contributed by atoms with Crippen molar-refractivity contribution in [3.8, 4) is 0 Å². The average Bonchev–Trinajstić information content (AvgIpc) is 3.28. The molecule has 10 heteroatoms. The van der Waals surface area contributed by atoms with Crippen LogP contribution in [-0.2, 0) is 20.2 Å². The van der Waals surface area contributed by atoms with Crippen LogP contribution >= 0.6 is 0 Å². The molecule has 0 spiro atoms. The van der Waals surface area contributed by atoms with Crippen LogP contribution in [0, 0.1) is 19.8 Å². The van der Waals surface area contributed by atoms with E-state index in [1.54, 1.807) is 34.6 Å². The summed E-state index contributed by atoms with van der Waals surface area (Å²) in [5, 5.41) is 6.48. The largest absolute Gasteiger partial charge is 0.378 e. The summed E-state index contributed by atoms with van der Waals surface area (Å²) in [6, 6.07) is 6.56. The number of hydrogen-bond acceptors (Lipinski definition) is 7. The van der Waals surface area contributed by atoms with Gasteiger partial charge >= 0.3 is 0 Å². The standard InChI is InChI=1S/C14H20FNO.C10H15N3O2S.C7H15N/c1-11-4-5-12(10-13(11)14(2,3)15)16-6-8-17-9-7-16;1-6(2)11-7(3)9-8(4)12-13-10(9)16(5,14)15;1-6-2-4-7(8)5-3-6/h4-5,10H,6-9H2,1-3H3;1H2,2-5H3,(H,12,13);6-7H,2-5,8H2,1H3. The summed E-state index contributed by atoms with van der Waals surface area (Å²) in [4.78, 5) is 6.40. The van der Waals surface area contributed by atoms with Crippen molar-refractivity contribution in [2.24, 2.45) is 16.6 Å². The molecule has 3 N–H and O–H groups in total. The Bertz CT molecular complexity index is 1270. The van der Waals surface area contributed by atoms with Gasteiger partial charge < -0.3 is 15.4 Å². The molecule has 1 aliphatic heterocycles. The smallest absolute Gasteiger partial charge is 0.195 e. The van der Waals surface area contributed by atoms with Gasteiger partial charge in [-0.15, -0.1) is 0 Å². The summed E-state index contributed by atoms with van der Waals surface area (Å²) < 4.78 is 42.4. The van der Waals surface area contributed by atoms with Gasteiger partial charge in [-0.3, -0.25) is 10.1 Å². The molecule has 0 bridgehead atoms. The average molecular weight is 592 g/mol. The van der Waals surface area contributed by atoms with Gasteiger partial charge in [0.15, 0.2) is 14.9 Å². The third kappa shape index (κ3) is 11.0.